The predicted molar refractivity (Wildman–Crippen MR) is 90.1 cm³/mol. The van der Waals surface area contributed by atoms with Gasteiger partial charge in [0.15, 0.2) is 0 Å². The van der Waals surface area contributed by atoms with Crippen LogP contribution in [0.4, 0.5) is 0 Å². The fourth-order valence-electron chi connectivity index (χ4n) is 2.89. The number of rotatable bonds is 4. The van der Waals surface area contributed by atoms with Crippen LogP contribution in [0.1, 0.15) is 37.7 Å². The molecule has 108 valence electrons. The Hall–Kier alpha value is -0.205. The molecule has 0 aromatic heterocycles. The van der Waals surface area contributed by atoms with E-state index in [-0.39, 0.29) is 0 Å². The van der Waals surface area contributed by atoms with Crippen molar-refractivity contribution in [3.8, 4) is 0 Å². The second kappa shape index (κ2) is 7.18. The second-order valence-electron chi connectivity index (χ2n) is 6.63. The van der Waals surface area contributed by atoms with Gasteiger partial charge < -0.3 is 0 Å². The molecule has 1 aliphatic carbocycles. The van der Waals surface area contributed by atoms with Crippen molar-refractivity contribution < 1.29 is 4.43 Å². The van der Waals surface area contributed by atoms with E-state index in [2.05, 4.69) is 50.0 Å². The SMILES string of the molecule is C[Si](C)(C)O/[C]([Sb])=C(/c1ccccc1)C1CCCCC1. The molecule has 1 fully saturated rings. The summed E-state index contributed by atoms with van der Waals surface area (Å²) in [6, 6.07) is 10.9. The number of benzene rings is 1. The molecule has 0 saturated heterocycles. The molecule has 0 aliphatic heterocycles. The average Bonchev–Trinajstić information content (AvgIpc) is 2.39. The summed E-state index contributed by atoms with van der Waals surface area (Å²) < 4.78 is 7.57. The van der Waals surface area contributed by atoms with Crippen molar-refractivity contribution in [1.82, 2.24) is 0 Å². The minimum atomic E-state index is -1.52. The maximum absolute atomic E-state index is 6.35. The van der Waals surface area contributed by atoms with Crippen molar-refractivity contribution in [3.05, 3.63) is 39.6 Å². The summed E-state index contributed by atoms with van der Waals surface area (Å²) in [5.41, 5.74) is 2.86. The van der Waals surface area contributed by atoms with Crippen LogP contribution in [0.5, 0.6) is 0 Å². The molecule has 1 aromatic rings. The van der Waals surface area contributed by atoms with Crippen LogP contribution in [0.25, 0.3) is 5.57 Å². The Balaban J connectivity index is 2.35. The molecule has 0 bridgehead atoms. The zero-order valence-corrected chi connectivity index (χ0v) is 16.4. The fourth-order valence-corrected chi connectivity index (χ4v) is 6.81. The number of hydrogen-bond donors (Lipinski definition) is 0. The van der Waals surface area contributed by atoms with E-state index in [1.807, 2.05) is 0 Å². The molecule has 2 rings (SSSR count). The summed E-state index contributed by atoms with van der Waals surface area (Å²) >= 11 is 1.76. The van der Waals surface area contributed by atoms with Gasteiger partial charge in [0.2, 0.25) is 0 Å². The maximum atomic E-state index is 6.35. The summed E-state index contributed by atoms with van der Waals surface area (Å²) in [4.78, 5) is 0. The van der Waals surface area contributed by atoms with E-state index >= 15 is 0 Å². The van der Waals surface area contributed by atoms with E-state index in [1.54, 1.807) is 23.0 Å². The zero-order chi connectivity index (χ0) is 14.6. The monoisotopic (exact) mass is 394 g/mol. The first-order valence-electron chi connectivity index (χ1n) is 7.65. The summed E-state index contributed by atoms with van der Waals surface area (Å²) in [6.45, 7) is 6.82. The van der Waals surface area contributed by atoms with Crippen molar-refractivity contribution in [2.75, 3.05) is 0 Å². The van der Waals surface area contributed by atoms with E-state index in [0.717, 1.165) is 0 Å². The first-order valence-corrected chi connectivity index (χ1v) is 12.3. The van der Waals surface area contributed by atoms with Gasteiger partial charge in [0, 0.05) is 0 Å². The van der Waals surface area contributed by atoms with Gasteiger partial charge in [-0.1, -0.05) is 0 Å². The number of hydrogen-bond acceptors (Lipinski definition) is 1. The molecule has 0 N–H and O–H groups in total. The molecule has 1 nitrogen and oxygen atoms in total. The molecule has 0 amide bonds. The molecule has 20 heavy (non-hydrogen) atoms. The molecule has 0 atom stereocenters. The topological polar surface area (TPSA) is 9.23 Å². The minimum absolute atomic E-state index is 0.695. The van der Waals surface area contributed by atoms with Crippen LogP contribution in [-0.2, 0) is 4.43 Å². The van der Waals surface area contributed by atoms with Crippen molar-refractivity contribution >= 4 is 36.9 Å². The molecule has 0 unspecified atom stereocenters. The van der Waals surface area contributed by atoms with Gasteiger partial charge in [-0.2, -0.15) is 0 Å². The standard InChI is InChI=1S/C17H25OSi.Sb/c1-19(2,3)18-14-17(15-10-6-4-7-11-15)16-12-8-5-9-13-16;/h4,6-7,10-11,16H,5,8-9,12-13H2,1-3H3;. The normalized spacial score (nSPS) is 18.6. The Labute approximate surface area is 138 Å². The molecule has 3 heteroatoms. The quantitative estimate of drug-likeness (QED) is 0.518. The van der Waals surface area contributed by atoms with Gasteiger partial charge in [0.1, 0.15) is 0 Å². The third-order valence-electron chi connectivity index (χ3n) is 3.73. The summed E-state index contributed by atoms with van der Waals surface area (Å²) in [5, 5.41) is 0. The Morgan fingerprint density at radius 2 is 1.65 bits per heavy atom. The van der Waals surface area contributed by atoms with Gasteiger partial charge in [-0.25, -0.2) is 0 Å². The predicted octanol–water partition coefficient (Wildman–Crippen LogP) is 4.96. The molecule has 1 saturated carbocycles. The Morgan fingerprint density at radius 3 is 2.20 bits per heavy atom. The Bertz CT molecular complexity index is 456. The first-order chi connectivity index (χ1) is 9.47. The fraction of sp³-hybridized carbons (Fsp3) is 0.529. The van der Waals surface area contributed by atoms with Crippen molar-refractivity contribution in [2.45, 2.75) is 51.7 Å². The molecule has 1 aromatic carbocycles. The van der Waals surface area contributed by atoms with E-state index < -0.39 is 8.32 Å². The van der Waals surface area contributed by atoms with Crippen molar-refractivity contribution in [2.24, 2.45) is 5.92 Å². The van der Waals surface area contributed by atoms with Gasteiger partial charge in [-0.15, -0.1) is 0 Å². The van der Waals surface area contributed by atoms with Gasteiger partial charge in [-0.3, -0.25) is 0 Å². The van der Waals surface area contributed by atoms with E-state index in [4.69, 9.17) is 4.43 Å². The van der Waals surface area contributed by atoms with Gasteiger partial charge >= 0.3 is 139 Å². The van der Waals surface area contributed by atoms with Crippen molar-refractivity contribution in [3.63, 3.8) is 0 Å². The van der Waals surface area contributed by atoms with Crippen LogP contribution in [0.2, 0.25) is 19.6 Å². The third-order valence-corrected chi connectivity index (χ3v) is 6.01. The molecule has 0 spiro atoms. The molecular formula is C17H25OSbSi. The van der Waals surface area contributed by atoms with Gasteiger partial charge in [-0.05, 0) is 0 Å². The van der Waals surface area contributed by atoms with Gasteiger partial charge in [0.05, 0.1) is 0 Å². The van der Waals surface area contributed by atoms with Crippen LogP contribution in [0.3, 0.4) is 0 Å². The van der Waals surface area contributed by atoms with Crippen LogP contribution in [-0.4, -0.2) is 31.3 Å². The Kier molecular flexibility index (Phi) is 5.80. The van der Waals surface area contributed by atoms with E-state index in [0.29, 0.717) is 5.92 Å². The average molecular weight is 395 g/mol. The van der Waals surface area contributed by atoms with E-state index in [1.165, 1.54) is 46.9 Å². The number of allylic oxidation sites excluding steroid dienone is 1. The molecule has 1 aliphatic rings. The Morgan fingerprint density at radius 1 is 1.05 bits per heavy atom. The molecule has 2 radical (unpaired) electrons. The first kappa shape index (κ1) is 16.2. The third kappa shape index (κ3) is 4.67. The van der Waals surface area contributed by atoms with Crippen LogP contribution >= 0.6 is 0 Å². The molecule has 0 heterocycles. The summed E-state index contributed by atoms with van der Waals surface area (Å²) in [6.07, 6.45) is 6.78. The van der Waals surface area contributed by atoms with Crippen LogP contribution in [0, 0.1) is 5.92 Å². The summed E-state index contributed by atoms with van der Waals surface area (Å²) in [5.74, 6) is 0.695. The zero-order valence-electron chi connectivity index (χ0n) is 12.9. The second-order valence-corrected chi connectivity index (χ2v) is 12.2. The van der Waals surface area contributed by atoms with Crippen LogP contribution in [0.15, 0.2) is 34.0 Å². The van der Waals surface area contributed by atoms with E-state index in [9.17, 15) is 0 Å². The van der Waals surface area contributed by atoms with Gasteiger partial charge in [0.25, 0.3) is 0 Å². The molecular weight excluding hydrogens is 370 g/mol. The van der Waals surface area contributed by atoms with Crippen molar-refractivity contribution in [1.29, 1.82) is 0 Å². The summed E-state index contributed by atoms with van der Waals surface area (Å²) in [7, 11) is -1.52. The van der Waals surface area contributed by atoms with Crippen LogP contribution < -0.4 is 0 Å².